The summed E-state index contributed by atoms with van der Waals surface area (Å²) in [6.07, 6.45) is 0.410. The van der Waals surface area contributed by atoms with E-state index in [1.54, 1.807) is 6.92 Å². The van der Waals surface area contributed by atoms with Gasteiger partial charge in [-0.15, -0.1) is 0 Å². The summed E-state index contributed by atoms with van der Waals surface area (Å²) in [4.78, 5) is 32.0. The summed E-state index contributed by atoms with van der Waals surface area (Å²) >= 11 is 0. The van der Waals surface area contributed by atoms with E-state index in [-0.39, 0.29) is 30.3 Å². The van der Waals surface area contributed by atoms with Gasteiger partial charge in [0.25, 0.3) is 11.5 Å². The zero-order chi connectivity index (χ0) is 17.2. The van der Waals surface area contributed by atoms with E-state index in [1.807, 2.05) is 30.3 Å². The molecular weight excluding hydrogens is 310 g/mol. The lowest BCUT2D eigenvalue weighted by molar-refractivity contribution is 0.00425. The van der Waals surface area contributed by atoms with E-state index in [1.165, 1.54) is 11.0 Å². The highest BCUT2D eigenvalue weighted by Gasteiger charge is 2.39. The van der Waals surface area contributed by atoms with Crippen LogP contribution in [0, 0.1) is 6.92 Å². The van der Waals surface area contributed by atoms with E-state index >= 15 is 0 Å². The monoisotopic (exact) mass is 329 g/mol. The predicted molar refractivity (Wildman–Crippen MR) is 87.0 cm³/mol. The number of aryl methyl sites for hydroxylation is 1. The first-order valence-electron chi connectivity index (χ1n) is 7.73. The second-order valence-corrected chi connectivity index (χ2v) is 6.02. The molecule has 0 bridgehead atoms. The number of para-hydroxylation sites is 1. The summed E-state index contributed by atoms with van der Waals surface area (Å²) in [5, 5.41) is 10.6. The van der Waals surface area contributed by atoms with Gasteiger partial charge in [0.15, 0.2) is 0 Å². The highest BCUT2D eigenvalue weighted by Crippen LogP contribution is 2.24. The maximum absolute atomic E-state index is 12.5. The molecule has 0 aliphatic carbocycles. The number of aromatic nitrogens is 2. The number of hydrogen-bond acceptors (Lipinski definition) is 5. The Labute approximate surface area is 138 Å². The molecule has 1 amide bonds. The van der Waals surface area contributed by atoms with Gasteiger partial charge < -0.3 is 19.7 Å². The first-order chi connectivity index (χ1) is 11.5. The lowest BCUT2D eigenvalue weighted by Crippen LogP contribution is -2.41. The minimum Gasteiger partial charge on any atom is -0.491 e. The lowest BCUT2D eigenvalue weighted by atomic mass is 10.1. The Morgan fingerprint density at radius 1 is 1.42 bits per heavy atom. The molecule has 1 aliphatic heterocycles. The molecule has 1 atom stereocenters. The molecule has 24 heavy (non-hydrogen) atoms. The Bertz CT molecular complexity index is 790. The minimum atomic E-state index is -1.11. The number of amides is 1. The number of H-pyrrole nitrogens is 1. The molecule has 3 rings (SSSR count). The number of β-amino-alcohol motifs (C(OH)–C–C–N with tert-alkyl or cyclic N) is 1. The second kappa shape index (κ2) is 6.45. The Balaban J connectivity index is 1.65. The van der Waals surface area contributed by atoms with Gasteiger partial charge in [-0.05, 0) is 25.5 Å². The molecule has 0 saturated carbocycles. The summed E-state index contributed by atoms with van der Waals surface area (Å²) in [5.74, 6) is 0.690. The van der Waals surface area contributed by atoms with E-state index in [0.717, 1.165) is 0 Å². The summed E-state index contributed by atoms with van der Waals surface area (Å²) in [7, 11) is 0. The number of nitrogens with zero attached hydrogens (tertiary/aromatic N) is 2. The van der Waals surface area contributed by atoms with Crippen LogP contribution in [0.2, 0.25) is 0 Å². The number of ether oxygens (including phenoxy) is 1. The molecule has 1 aliphatic rings. The van der Waals surface area contributed by atoms with Gasteiger partial charge in [-0.3, -0.25) is 9.59 Å². The number of likely N-dealkylation sites (tertiary alicyclic amines) is 1. The molecule has 1 aromatic carbocycles. The standard InChI is InChI=1S/C17H19N3O4/c1-12-18-14(9-15(21)19-12)16(22)20-8-7-17(23,10-20)11-24-13-5-3-2-4-6-13/h2-6,9,23H,7-8,10-11H2,1H3,(H,18,19,21)/t17-/m1/s1. The summed E-state index contributed by atoms with van der Waals surface area (Å²) in [6, 6.07) is 10.4. The Kier molecular flexibility index (Phi) is 4.35. The molecule has 2 aromatic rings. The fourth-order valence-corrected chi connectivity index (χ4v) is 2.73. The van der Waals surface area contributed by atoms with Crippen LogP contribution in [0.15, 0.2) is 41.2 Å². The molecule has 0 spiro atoms. The fourth-order valence-electron chi connectivity index (χ4n) is 2.73. The largest absolute Gasteiger partial charge is 0.491 e. The maximum Gasteiger partial charge on any atom is 0.272 e. The van der Waals surface area contributed by atoms with Crippen molar-refractivity contribution < 1.29 is 14.6 Å². The number of nitrogens with one attached hydrogen (secondary N) is 1. The molecule has 126 valence electrons. The van der Waals surface area contributed by atoms with Gasteiger partial charge >= 0.3 is 0 Å². The number of carbonyl (C=O) groups is 1. The second-order valence-electron chi connectivity index (χ2n) is 6.02. The number of rotatable bonds is 4. The average Bonchev–Trinajstić information content (AvgIpc) is 2.95. The highest BCUT2D eigenvalue weighted by atomic mass is 16.5. The number of aliphatic hydroxyl groups is 1. The molecular formula is C17H19N3O4. The molecule has 1 saturated heterocycles. The van der Waals surface area contributed by atoms with Crippen LogP contribution < -0.4 is 10.3 Å². The molecule has 1 aromatic heterocycles. The van der Waals surface area contributed by atoms with E-state index in [9.17, 15) is 14.7 Å². The van der Waals surface area contributed by atoms with Crippen LogP contribution in [0.3, 0.4) is 0 Å². The summed E-state index contributed by atoms with van der Waals surface area (Å²) < 4.78 is 5.61. The van der Waals surface area contributed by atoms with Crippen molar-refractivity contribution >= 4 is 5.91 Å². The van der Waals surface area contributed by atoms with E-state index in [4.69, 9.17) is 4.74 Å². The van der Waals surface area contributed by atoms with Gasteiger partial charge in [-0.1, -0.05) is 18.2 Å². The molecule has 2 N–H and O–H groups in total. The first-order valence-corrected chi connectivity index (χ1v) is 7.73. The molecule has 0 radical (unpaired) electrons. The van der Waals surface area contributed by atoms with Crippen LogP contribution in [0.5, 0.6) is 5.75 Å². The molecule has 1 fully saturated rings. The Morgan fingerprint density at radius 2 is 2.17 bits per heavy atom. The van der Waals surface area contributed by atoms with Crippen LogP contribution in [0.25, 0.3) is 0 Å². The third kappa shape index (κ3) is 3.62. The van der Waals surface area contributed by atoms with Crippen molar-refractivity contribution in [3.63, 3.8) is 0 Å². The first kappa shape index (κ1) is 16.2. The number of hydrogen-bond donors (Lipinski definition) is 2. The average molecular weight is 329 g/mol. The number of aromatic amines is 1. The zero-order valence-corrected chi connectivity index (χ0v) is 13.4. The smallest absolute Gasteiger partial charge is 0.272 e. The Morgan fingerprint density at radius 3 is 2.88 bits per heavy atom. The van der Waals surface area contributed by atoms with Crippen molar-refractivity contribution in [1.29, 1.82) is 0 Å². The lowest BCUT2D eigenvalue weighted by Gasteiger charge is -2.23. The predicted octanol–water partition coefficient (Wildman–Crippen LogP) is 0.734. The molecule has 0 unspecified atom stereocenters. The minimum absolute atomic E-state index is 0.0875. The van der Waals surface area contributed by atoms with Gasteiger partial charge in [0.05, 0.1) is 6.54 Å². The van der Waals surface area contributed by atoms with E-state index in [0.29, 0.717) is 24.5 Å². The van der Waals surface area contributed by atoms with Gasteiger partial charge in [0, 0.05) is 12.6 Å². The normalized spacial score (nSPS) is 20.2. The number of benzene rings is 1. The van der Waals surface area contributed by atoms with Crippen LogP contribution in [-0.2, 0) is 0 Å². The third-order valence-electron chi connectivity index (χ3n) is 3.95. The quantitative estimate of drug-likeness (QED) is 0.862. The number of carbonyl (C=O) groups excluding carboxylic acids is 1. The van der Waals surface area contributed by atoms with Gasteiger partial charge in [-0.2, -0.15) is 0 Å². The zero-order valence-electron chi connectivity index (χ0n) is 13.4. The van der Waals surface area contributed by atoms with Crippen molar-refractivity contribution in [2.45, 2.75) is 18.9 Å². The molecule has 7 nitrogen and oxygen atoms in total. The van der Waals surface area contributed by atoms with E-state index in [2.05, 4.69) is 9.97 Å². The Hall–Kier alpha value is -2.67. The van der Waals surface area contributed by atoms with Crippen LogP contribution >= 0.6 is 0 Å². The maximum atomic E-state index is 12.5. The van der Waals surface area contributed by atoms with Crippen molar-refractivity contribution in [3.05, 3.63) is 58.3 Å². The van der Waals surface area contributed by atoms with Gasteiger partial charge in [-0.25, -0.2) is 4.98 Å². The van der Waals surface area contributed by atoms with E-state index < -0.39 is 5.60 Å². The molecule has 2 heterocycles. The van der Waals surface area contributed by atoms with Crippen molar-refractivity contribution in [2.24, 2.45) is 0 Å². The van der Waals surface area contributed by atoms with Crippen LogP contribution in [0.1, 0.15) is 22.7 Å². The van der Waals surface area contributed by atoms with Gasteiger partial charge in [0.2, 0.25) is 0 Å². The molecule has 7 heteroatoms. The van der Waals surface area contributed by atoms with Crippen LogP contribution in [0.4, 0.5) is 0 Å². The van der Waals surface area contributed by atoms with Crippen molar-refractivity contribution in [1.82, 2.24) is 14.9 Å². The fraction of sp³-hybridized carbons (Fsp3) is 0.353. The topological polar surface area (TPSA) is 95.5 Å². The van der Waals surface area contributed by atoms with Crippen molar-refractivity contribution in [2.75, 3.05) is 19.7 Å². The van der Waals surface area contributed by atoms with Crippen molar-refractivity contribution in [3.8, 4) is 5.75 Å². The summed E-state index contributed by atoms with van der Waals surface area (Å²) in [6.45, 7) is 2.25. The summed E-state index contributed by atoms with van der Waals surface area (Å²) in [5.41, 5.74) is -1.39. The highest BCUT2D eigenvalue weighted by molar-refractivity contribution is 5.92. The van der Waals surface area contributed by atoms with Gasteiger partial charge in [0.1, 0.15) is 29.5 Å². The van der Waals surface area contributed by atoms with Crippen LogP contribution in [-0.4, -0.2) is 51.2 Å². The SMILES string of the molecule is Cc1nc(C(=O)N2CC[C@](O)(COc3ccccc3)C2)cc(=O)[nH]1. The third-order valence-corrected chi connectivity index (χ3v) is 3.95.